The molecule has 0 aliphatic carbocycles. The Morgan fingerprint density at radius 2 is 2.21 bits per heavy atom. The SMILES string of the molecule is COC(=O)c1ccc(CNc2cc(F)ccc2Br)[nH]1. The predicted molar refractivity (Wildman–Crippen MR) is 73.6 cm³/mol. The largest absolute Gasteiger partial charge is 0.464 e. The number of anilines is 1. The van der Waals surface area contributed by atoms with Gasteiger partial charge in [0.15, 0.2) is 0 Å². The summed E-state index contributed by atoms with van der Waals surface area (Å²) in [4.78, 5) is 14.2. The molecule has 0 atom stereocenters. The second kappa shape index (κ2) is 5.88. The number of halogens is 2. The van der Waals surface area contributed by atoms with Crippen LogP contribution in [0.15, 0.2) is 34.8 Å². The first kappa shape index (κ1) is 13.6. The number of benzene rings is 1. The summed E-state index contributed by atoms with van der Waals surface area (Å²) in [5.41, 5.74) is 1.84. The third-order valence-corrected chi connectivity index (χ3v) is 3.24. The van der Waals surface area contributed by atoms with Gasteiger partial charge in [0.2, 0.25) is 0 Å². The lowest BCUT2D eigenvalue weighted by Gasteiger charge is -2.07. The zero-order valence-electron chi connectivity index (χ0n) is 10.2. The summed E-state index contributed by atoms with van der Waals surface area (Å²) < 4.78 is 18.5. The van der Waals surface area contributed by atoms with E-state index in [9.17, 15) is 9.18 Å². The fourth-order valence-corrected chi connectivity index (χ4v) is 1.98. The molecular formula is C13H12BrFN2O2. The molecule has 0 radical (unpaired) electrons. The molecule has 0 fully saturated rings. The Labute approximate surface area is 118 Å². The van der Waals surface area contributed by atoms with Gasteiger partial charge in [-0.3, -0.25) is 0 Å². The van der Waals surface area contributed by atoms with E-state index in [1.165, 1.54) is 19.2 Å². The number of carbonyl (C=O) groups excluding carboxylic acids is 1. The molecule has 0 saturated carbocycles. The van der Waals surface area contributed by atoms with Crippen molar-refractivity contribution in [1.82, 2.24) is 4.98 Å². The number of methoxy groups -OCH3 is 1. The molecule has 1 aromatic heterocycles. The van der Waals surface area contributed by atoms with Crippen molar-refractivity contribution in [1.29, 1.82) is 0 Å². The molecule has 0 bridgehead atoms. The summed E-state index contributed by atoms with van der Waals surface area (Å²) >= 11 is 3.33. The van der Waals surface area contributed by atoms with E-state index in [-0.39, 0.29) is 5.82 Å². The number of carbonyl (C=O) groups is 1. The Kier molecular flexibility index (Phi) is 4.21. The molecule has 0 saturated heterocycles. The monoisotopic (exact) mass is 326 g/mol. The molecule has 0 unspecified atom stereocenters. The average molecular weight is 327 g/mol. The van der Waals surface area contributed by atoms with Crippen LogP contribution in [0.1, 0.15) is 16.2 Å². The normalized spacial score (nSPS) is 10.3. The molecule has 0 aliphatic heterocycles. The molecule has 2 N–H and O–H groups in total. The molecule has 19 heavy (non-hydrogen) atoms. The molecular weight excluding hydrogens is 315 g/mol. The summed E-state index contributed by atoms with van der Waals surface area (Å²) in [5, 5.41) is 3.07. The van der Waals surface area contributed by atoms with Gasteiger partial charge in [-0.15, -0.1) is 0 Å². The highest BCUT2D eigenvalue weighted by Gasteiger charge is 2.08. The van der Waals surface area contributed by atoms with Crippen molar-refractivity contribution < 1.29 is 13.9 Å². The molecule has 1 aromatic carbocycles. The van der Waals surface area contributed by atoms with Gasteiger partial charge in [0.1, 0.15) is 11.5 Å². The molecule has 6 heteroatoms. The van der Waals surface area contributed by atoms with Gasteiger partial charge in [-0.05, 0) is 46.3 Å². The van der Waals surface area contributed by atoms with Crippen LogP contribution in [0.2, 0.25) is 0 Å². The number of esters is 1. The maximum atomic E-state index is 13.1. The summed E-state index contributed by atoms with van der Waals surface area (Å²) in [5.74, 6) is -0.731. The maximum absolute atomic E-state index is 13.1. The fraction of sp³-hybridized carbons (Fsp3) is 0.154. The lowest BCUT2D eigenvalue weighted by molar-refractivity contribution is 0.0594. The van der Waals surface area contributed by atoms with E-state index in [4.69, 9.17) is 0 Å². The van der Waals surface area contributed by atoms with Gasteiger partial charge >= 0.3 is 5.97 Å². The van der Waals surface area contributed by atoms with Gasteiger partial charge < -0.3 is 15.0 Å². The minimum absolute atomic E-state index is 0.313. The van der Waals surface area contributed by atoms with Gasteiger partial charge in [-0.25, -0.2) is 9.18 Å². The van der Waals surface area contributed by atoms with Crippen molar-refractivity contribution in [2.45, 2.75) is 6.54 Å². The molecule has 4 nitrogen and oxygen atoms in total. The lowest BCUT2D eigenvalue weighted by Crippen LogP contribution is -2.04. The van der Waals surface area contributed by atoms with E-state index in [0.717, 1.165) is 10.2 Å². The van der Waals surface area contributed by atoms with Gasteiger partial charge in [-0.1, -0.05) is 0 Å². The topological polar surface area (TPSA) is 54.1 Å². The Balaban J connectivity index is 2.04. The second-order valence-corrected chi connectivity index (χ2v) is 4.72. The van der Waals surface area contributed by atoms with Crippen molar-refractivity contribution in [2.75, 3.05) is 12.4 Å². The molecule has 0 amide bonds. The fourth-order valence-electron chi connectivity index (χ4n) is 1.60. The van der Waals surface area contributed by atoms with Crippen LogP contribution in [0, 0.1) is 5.82 Å². The third-order valence-electron chi connectivity index (χ3n) is 2.55. The Morgan fingerprint density at radius 3 is 2.95 bits per heavy atom. The highest BCUT2D eigenvalue weighted by Crippen LogP contribution is 2.23. The summed E-state index contributed by atoms with van der Waals surface area (Å²) in [6.45, 7) is 0.443. The number of aromatic nitrogens is 1. The molecule has 100 valence electrons. The first-order chi connectivity index (χ1) is 9.10. The zero-order chi connectivity index (χ0) is 13.8. The minimum Gasteiger partial charge on any atom is -0.464 e. The van der Waals surface area contributed by atoms with Crippen LogP contribution in [-0.4, -0.2) is 18.1 Å². The summed E-state index contributed by atoms with van der Waals surface area (Å²) in [6.07, 6.45) is 0. The van der Waals surface area contributed by atoms with Crippen LogP contribution in [0.4, 0.5) is 10.1 Å². The maximum Gasteiger partial charge on any atom is 0.354 e. The average Bonchev–Trinajstić information content (AvgIpc) is 2.88. The van der Waals surface area contributed by atoms with E-state index in [2.05, 4.69) is 31.0 Å². The minimum atomic E-state index is -0.418. The van der Waals surface area contributed by atoms with Crippen molar-refractivity contribution in [3.05, 3.63) is 52.0 Å². The van der Waals surface area contributed by atoms with E-state index in [0.29, 0.717) is 17.9 Å². The van der Waals surface area contributed by atoms with Gasteiger partial charge in [0, 0.05) is 10.2 Å². The van der Waals surface area contributed by atoms with Crippen LogP contribution >= 0.6 is 15.9 Å². The van der Waals surface area contributed by atoms with Gasteiger partial charge in [0.25, 0.3) is 0 Å². The van der Waals surface area contributed by atoms with E-state index in [1.807, 2.05) is 0 Å². The van der Waals surface area contributed by atoms with Crippen molar-refractivity contribution in [3.8, 4) is 0 Å². The van der Waals surface area contributed by atoms with Gasteiger partial charge in [-0.2, -0.15) is 0 Å². The molecule has 2 aromatic rings. The second-order valence-electron chi connectivity index (χ2n) is 3.87. The number of hydrogen-bond donors (Lipinski definition) is 2. The van der Waals surface area contributed by atoms with Crippen LogP contribution in [0.5, 0.6) is 0 Å². The van der Waals surface area contributed by atoms with E-state index < -0.39 is 5.97 Å². The van der Waals surface area contributed by atoms with Crippen LogP contribution in [-0.2, 0) is 11.3 Å². The Bertz CT molecular complexity index is 598. The highest BCUT2D eigenvalue weighted by molar-refractivity contribution is 9.10. The Morgan fingerprint density at radius 1 is 1.42 bits per heavy atom. The number of hydrogen-bond acceptors (Lipinski definition) is 3. The van der Waals surface area contributed by atoms with Gasteiger partial charge in [0.05, 0.1) is 19.3 Å². The third kappa shape index (κ3) is 3.35. The Hall–Kier alpha value is -1.82. The number of nitrogens with one attached hydrogen (secondary N) is 2. The number of rotatable bonds is 4. The summed E-state index contributed by atoms with van der Waals surface area (Å²) in [6, 6.07) is 7.82. The molecule has 1 heterocycles. The van der Waals surface area contributed by atoms with Crippen molar-refractivity contribution in [3.63, 3.8) is 0 Å². The predicted octanol–water partition coefficient (Wildman–Crippen LogP) is 3.32. The van der Waals surface area contributed by atoms with Crippen molar-refractivity contribution >= 4 is 27.6 Å². The summed E-state index contributed by atoms with van der Waals surface area (Å²) in [7, 11) is 1.32. The van der Waals surface area contributed by atoms with E-state index >= 15 is 0 Å². The van der Waals surface area contributed by atoms with Crippen LogP contribution in [0.25, 0.3) is 0 Å². The first-order valence-electron chi connectivity index (χ1n) is 5.55. The van der Waals surface area contributed by atoms with Crippen LogP contribution < -0.4 is 5.32 Å². The quantitative estimate of drug-likeness (QED) is 0.847. The first-order valence-corrected chi connectivity index (χ1v) is 6.34. The molecule has 2 rings (SSSR count). The van der Waals surface area contributed by atoms with E-state index in [1.54, 1.807) is 18.2 Å². The lowest BCUT2D eigenvalue weighted by atomic mass is 10.3. The molecule has 0 aliphatic rings. The van der Waals surface area contributed by atoms with Crippen LogP contribution in [0.3, 0.4) is 0 Å². The highest BCUT2D eigenvalue weighted by atomic mass is 79.9. The number of ether oxygens (including phenoxy) is 1. The number of H-pyrrole nitrogens is 1. The number of aromatic amines is 1. The van der Waals surface area contributed by atoms with Crippen molar-refractivity contribution in [2.24, 2.45) is 0 Å². The standard InChI is InChI=1S/C13H12BrFN2O2/c1-19-13(18)11-5-3-9(17-11)7-16-12-6-8(15)2-4-10(12)14/h2-6,16-17H,7H2,1H3. The smallest absolute Gasteiger partial charge is 0.354 e. The molecule has 0 spiro atoms. The zero-order valence-corrected chi connectivity index (χ0v) is 11.8.